The zero-order valence-electron chi connectivity index (χ0n) is 59.9. The molecule has 9 rings (SSSR count). The molecule has 33 heteroatoms. The number of amides is 2. The Kier molecular flexibility index (Phi) is 32.9. The van der Waals surface area contributed by atoms with Gasteiger partial charge in [0.2, 0.25) is 0 Å². The molecule has 0 fully saturated rings. The number of halogens is 9. The topological polar surface area (TPSA) is 328 Å². The van der Waals surface area contributed by atoms with Gasteiger partial charge in [0.05, 0.1) is 60.3 Å². The molecule has 106 heavy (non-hydrogen) atoms. The highest BCUT2D eigenvalue weighted by Gasteiger charge is 2.34. The lowest BCUT2D eigenvalue weighted by atomic mass is 10.0. The Morgan fingerprint density at radius 3 is 1.50 bits per heavy atom. The molecule has 570 valence electrons. The van der Waals surface area contributed by atoms with E-state index in [0.29, 0.717) is 37.2 Å². The molecule has 0 saturated carbocycles. The monoisotopic (exact) mass is 1620 g/mol. The van der Waals surface area contributed by atoms with Crippen molar-refractivity contribution in [3.8, 4) is 16.9 Å². The van der Waals surface area contributed by atoms with Crippen molar-refractivity contribution in [2.75, 3.05) is 27.0 Å². The summed E-state index contributed by atoms with van der Waals surface area (Å²) < 4.78 is 147. The minimum absolute atomic E-state index is 0.00000709. The lowest BCUT2D eigenvalue weighted by Crippen LogP contribution is -2.34. The van der Waals surface area contributed by atoms with Gasteiger partial charge in [-0.25, -0.2) is 41.1 Å². The zero-order chi connectivity index (χ0) is 79.9. The number of aryl methyl sites for hydroxylation is 4. The van der Waals surface area contributed by atoms with Gasteiger partial charge in [0.15, 0.2) is 11.6 Å². The van der Waals surface area contributed by atoms with E-state index in [1.807, 2.05) is 58.2 Å². The Morgan fingerprint density at radius 1 is 0.613 bits per heavy atom. The third-order valence-corrected chi connectivity index (χ3v) is 17.1. The van der Waals surface area contributed by atoms with E-state index in [0.717, 1.165) is 41.1 Å². The van der Waals surface area contributed by atoms with E-state index in [-0.39, 0.29) is 78.7 Å². The first-order chi connectivity index (χ1) is 49.4. The third-order valence-electron chi connectivity index (χ3n) is 15.2. The molecular weight excluding hydrogens is 1540 g/mol. The van der Waals surface area contributed by atoms with Crippen molar-refractivity contribution in [3.05, 3.63) is 290 Å². The number of carbonyl (C=O) groups is 3. The van der Waals surface area contributed by atoms with Gasteiger partial charge in [0.25, 0.3) is 26.8 Å². The molecule has 6 aromatic carbocycles. The minimum Gasteiger partial charge on any atom is -0.494 e. The van der Waals surface area contributed by atoms with Gasteiger partial charge in [-0.15, -0.1) is 0 Å². The van der Waals surface area contributed by atoms with Crippen LogP contribution in [0.3, 0.4) is 0 Å². The fraction of sp³-hybridized carbons (Fsp3) is 0.301. The number of nitrogens with two attached hydrogens (primary N) is 1. The predicted octanol–water partition coefficient (Wildman–Crippen LogP) is 10.7. The average Bonchev–Trinajstić information content (AvgIpc) is 0.774. The van der Waals surface area contributed by atoms with Crippen molar-refractivity contribution in [2.24, 2.45) is 5.73 Å². The largest absolute Gasteiger partial charge is 0.494 e. The van der Waals surface area contributed by atoms with Crippen LogP contribution in [0.2, 0.25) is 0 Å². The van der Waals surface area contributed by atoms with Gasteiger partial charge < -0.3 is 25.8 Å². The number of hydrogen-bond donors (Lipinski definition) is 6. The van der Waals surface area contributed by atoms with Gasteiger partial charge >= 0.3 is 35.2 Å². The molecule has 0 spiro atoms. The van der Waals surface area contributed by atoms with Crippen molar-refractivity contribution in [1.29, 1.82) is 0 Å². The SMILES string of the molecule is CC(=O)CC(=O)OC(C)(C)C.CN[C@@H](COS(C)(=O)=O)c1ccccc1.COc1cccc(-c2c(C)n(Cc3c(C)cccc3F)c(=O)[nH]c2=O)c1F.Cc1cccc(F)c1Cn1c(C)c(I)c(=O)[nH]c1=O.Cc1cccc(F)c1Cn1c(C)cc(=O)[nH]c1=O.NC(=O)NCc1c(F)cccc1C(F)(F)F. The Bertz CT molecular complexity index is 5030. The van der Waals surface area contributed by atoms with E-state index in [1.54, 1.807) is 105 Å². The molecule has 0 radical (unpaired) electrons. The van der Waals surface area contributed by atoms with Crippen LogP contribution in [0.5, 0.6) is 5.75 Å². The van der Waals surface area contributed by atoms with E-state index in [1.165, 1.54) is 71.1 Å². The summed E-state index contributed by atoms with van der Waals surface area (Å²) in [5, 5.41) is 4.92. The number of esters is 1. The van der Waals surface area contributed by atoms with Gasteiger partial charge in [0.1, 0.15) is 41.1 Å². The Hall–Kier alpha value is -10.4. The van der Waals surface area contributed by atoms with Crippen LogP contribution in [0.25, 0.3) is 11.1 Å². The molecule has 0 saturated heterocycles. The molecule has 0 bridgehead atoms. The maximum Gasteiger partial charge on any atom is 0.416 e. The third kappa shape index (κ3) is 26.6. The second-order valence-electron chi connectivity index (χ2n) is 24.3. The first kappa shape index (κ1) is 88.0. The van der Waals surface area contributed by atoms with E-state index in [4.69, 9.17) is 19.4 Å². The smallest absolute Gasteiger partial charge is 0.416 e. The molecule has 0 aliphatic rings. The number of likely N-dealkylation sites (N-methyl/N-ethyl adjacent to an activating group) is 1. The number of Topliss-reactive ketones (excluding diaryl/α,β-unsaturated/α-hetero) is 1. The van der Waals surface area contributed by atoms with Crippen molar-refractivity contribution >= 4 is 50.5 Å². The number of H-pyrrole nitrogens is 3. The maximum absolute atomic E-state index is 14.7. The molecule has 0 aliphatic heterocycles. The molecular formula is C73H80F8IN9O14S. The zero-order valence-corrected chi connectivity index (χ0v) is 62.9. The summed E-state index contributed by atoms with van der Waals surface area (Å²) in [5.41, 5.74) is 4.87. The fourth-order valence-electron chi connectivity index (χ4n) is 9.78. The van der Waals surface area contributed by atoms with E-state index in [9.17, 15) is 86.7 Å². The Morgan fingerprint density at radius 2 is 1.07 bits per heavy atom. The van der Waals surface area contributed by atoms with Crippen LogP contribution in [-0.4, -0.2) is 87.5 Å². The van der Waals surface area contributed by atoms with Crippen LogP contribution in [0.4, 0.5) is 39.9 Å². The number of urea groups is 1. The summed E-state index contributed by atoms with van der Waals surface area (Å²) in [5.74, 6) is -3.55. The number of primary amides is 1. The van der Waals surface area contributed by atoms with Crippen LogP contribution in [0.15, 0.2) is 156 Å². The molecule has 2 amide bonds. The van der Waals surface area contributed by atoms with Gasteiger partial charge in [-0.2, -0.15) is 21.6 Å². The summed E-state index contributed by atoms with van der Waals surface area (Å²) >= 11 is 1.87. The number of ketones is 1. The first-order valence-electron chi connectivity index (χ1n) is 31.8. The number of benzene rings is 6. The van der Waals surface area contributed by atoms with E-state index < -0.39 is 103 Å². The number of methoxy groups -OCH3 is 1. The predicted molar refractivity (Wildman–Crippen MR) is 392 cm³/mol. The Balaban J connectivity index is 0.000000275. The highest BCUT2D eigenvalue weighted by molar-refractivity contribution is 14.1. The second-order valence-corrected chi connectivity index (χ2v) is 27.1. The molecule has 3 heterocycles. The molecule has 0 unspecified atom stereocenters. The van der Waals surface area contributed by atoms with Crippen molar-refractivity contribution < 1.29 is 71.6 Å². The number of rotatable bonds is 17. The molecule has 0 aliphatic carbocycles. The van der Waals surface area contributed by atoms with Crippen molar-refractivity contribution in [2.45, 2.75) is 120 Å². The van der Waals surface area contributed by atoms with Crippen molar-refractivity contribution in [3.63, 3.8) is 0 Å². The highest BCUT2D eigenvalue weighted by atomic mass is 127. The number of aromatic amines is 3. The van der Waals surface area contributed by atoms with Crippen LogP contribution >= 0.6 is 22.6 Å². The lowest BCUT2D eigenvalue weighted by molar-refractivity contribution is -0.156. The van der Waals surface area contributed by atoms with Crippen molar-refractivity contribution in [1.82, 2.24) is 39.3 Å². The molecule has 9 aromatic rings. The van der Waals surface area contributed by atoms with E-state index >= 15 is 0 Å². The standard InChI is InChI=1S/C20H18F2N2O3.C13H12FIN2O2.C13H13FN2O2.C10H15NO3S.C9H8F4N2O.C8H14O3/c1-11-6-4-8-15(21)14(11)10-24-12(2)17(19(25)23-20(24)26)13-7-5-9-16(27-3)18(13)22;1-7-4-3-5-10(14)9(7)6-17-8(2)11(15)12(18)16-13(17)19;1-8-4-3-5-11(14)10(8)7-16-9(2)6-12(17)15-13(16)18;1-11-10(8-14-15(2,12)13)9-6-4-3-5-7-9;10-7-3-1-2-6(9(11,12)13)5(7)4-15-8(14)16;1-6(9)5-7(10)11-8(2,3)4/h4-9H,10H2,1-3H3,(H,23,25,26);3-5H,6H2,1-2H3,(H,16,18,19);3-6H,7H2,1-2H3,(H,15,17,18);3-7,10-11H,8H2,1-2H3;1-3H,4H2,(H3,14,15,16);5H2,1-4H3/t;;;10-;;/m...0../s1. The molecule has 3 aromatic heterocycles. The van der Waals surface area contributed by atoms with E-state index in [2.05, 4.69) is 20.3 Å². The minimum atomic E-state index is -4.67. The summed E-state index contributed by atoms with van der Waals surface area (Å²) in [4.78, 5) is 109. The summed E-state index contributed by atoms with van der Waals surface area (Å²) in [7, 11) is -0.290. The van der Waals surface area contributed by atoms with Crippen LogP contribution in [0.1, 0.15) is 107 Å². The maximum atomic E-state index is 14.7. The number of nitrogens with one attached hydrogen (secondary N) is 5. The summed E-state index contributed by atoms with van der Waals surface area (Å²) in [6, 6.07) is 30.9. The first-order valence-corrected chi connectivity index (χ1v) is 34.6. The number of ether oxygens (including phenoxy) is 2. The number of carbonyl (C=O) groups excluding carboxylic acids is 3. The molecule has 23 nitrogen and oxygen atoms in total. The number of nitrogens with zero attached hydrogens (tertiary/aromatic N) is 3. The van der Waals surface area contributed by atoms with Gasteiger partial charge in [-0.3, -0.25) is 56.8 Å². The van der Waals surface area contributed by atoms with Crippen LogP contribution in [0, 0.1) is 74.2 Å². The quantitative estimate of drug-likeness (QED) is 0.0162. The lowest BCUT2D eigenvalue weighted by Gasteiger charge is -2.18. The van der Waals surface area contributed by atoms with Crippen LogP contribution < -0.4 is 54.9 Å². The molecule has 7 N–H and O–H groups in total. The number of aromatic nitrogens is 6. The molecule has 1 atom stereocenters. The number of hydrogen-bond acceptors (Lipinski definition) is 15. The van der Waals surface area contributed by atoms with Gasteiger partial charge in [-0.1, -0.05) is 84.9 Å². The summed E-state index contributed by atoms with van der Waals surface area (Å²) in [6.07, 6.45) is -3.75. The number of alkyl halides is 3. The van der Waals surface area contributed by atoms with Gasteiger partial charge in [0, 0.05) is 57.5 Å². The summed E-state index contributed by atoms with van der Waals surface area (Å²) in [6.45, 7) is 16.5. The highest BCUT2D eigenvalue weighted by Crippen LogP contribution is 2.33. The van der Waals surface area contributed by atoms with Crippen LogP contribution in [-0.2, 0) is 61.0 Å². The normalized spacial score (nSPS) is 11.3. The Labute approximate surface area is 617 Å². The average molecular weight is 1620 g/mol. The fourth-order valence-corrected chi connectivity index (χ4v) is 10.6. The van der Waals surface area contributed by atoms with Gasteiger partial charge in [-0.05, 0) is 158 Å². The second kappa shape index (κ2) is 39.6.